The average Bonchev–Trinajstić information content (AvgIpc) is 3.05. The lowest BCUT2D eigenvalue weighted by Gasteiger charge is -2.33. The van der Waals surface area contributed by atoms with Crippen molar-refractivity contribution in [1.29, 1.82) is 0 Å². The largest absolute Gasteiger partial charge is 0.497 e. The summed E-state index contributed by atoms with van der Waals surface area (Å²) in [5, 5.41) is 3.13. The Kier molecular flexibility index (Phi) is 11.6. The number of carbonyl (C=O) groups excluding carboxylic acids is 2. The number of methoxy groups -OCH3 is 3. The molecular formula is C35H45N3O7S. The first-order valence-corrected chi connectivity index (χ1v) is 17.0. The van der Waals surface area contributed by atoms with E-state index in [-0.39, 0.29) is 29.1 Å². The molecule has 0 saturated heterocycles. The van der Waals surface area contributed by atoms with E-state index in [4.69, 9.17) is 14.2 Å². The zero-order valence-electron chi connectivity index (χ0n) is 27.5. The zero-order chi connectivity index (χ0) is 33.4. The number of nitrogens with one attached hydrogen (secondary N) is 1. The number of rotatable bonds is 13. The normalized spacial score (nSPS) is 14.2. The van der Waals surface area contributed by atoms with Gasteiger partial charge in [0.15, 0.2) is 11.5 Å². The number of amides is 2. The molecule has 46 heavy (non-hydrogen) atoms. The van der Waals surface area contributed by atoms with Crippen molar-refractivity contribution in [3.63, 3.8) is 0 Å². The van der Waals surface area contributed by atoms with Gasteiger partial charge in [0.2, 0.25) is 11.8 Å². The molecule has 1 fully saturated rings. The van der Waals surface area contributed by atoms with E-state index in [1.54, 1.807) is 38.3 Å². The van der Waals surface area contributed by atoms with Crippen molar-refractivity contribution < 1.29 is 32.2 Å². The number of sulfonamides is 1. The Hall–Kier alpha value is -4.25. The summed E-state index contributed by atoms with van der Waals surface area (Å²) in [5.41, 5.74) is 2.78. The van der Waals surface area contributed by atoms with E-state index < -0.39 is 28.5 Å². The number of hydrogen-bond acceptors (Lipinski definition) is 7. The van der Waals surface area contributed by atoms with Crippen molar-refractivity contribution in [1.82, 2.24) is 10.2 Å². The Morgan fingerprint density at radius 2 is 1.48 bits per heavy atom. The van der Waals surface area contributed by atoms with E-state index in [0.29, 0.717) is 17.2 Å². The summed E-state index contributed by atoms with van der Waals surface area (Å²) in [6.45, 7) is 4.99. The highest BCUT2D eigenvalue weighted by molar-refractivity contribution is 7.92. The molecule has 1 atom stereocenters. The minimum absolute atomic E-state index is 0.0545. The van der Waals surface area contributed by atoms with Crippen LogP contribution >= 0.6 is 0 Å². The predicted octanol–water partition coefficient (Wildman–Crippen LogP) is 5.39. The van der Waals surface area contributed by atoms with Gasteiger partial charge in [-0.2, -0.15) is 0 Å². The molecule has 0 unspecified atom stereocenters. The highest BCUT2D eigenvalue weighted by Gasteiger charge is 2.34. The van der Waals surface area contributed by atoms with Crippen LogP contribution in [0.15, 0.2) is 65.6 Å². The molecule has 0 heterocycles. The Balaban J connectivity index is 1.73. The highest BCUT2D eigenvalue weighted by atomic mass is 32.2. The summed E-state index contributed by atoms with van der Waals surface area (Å²) in [5.74, 6) is 0.481. The molecule has 1 aliphatic carbocycles. The Morgan fingerprint density at radius 1 is 0.848 bits per heavy atom. The van der Waals surface area contributed by atoms with Gasteiger partial charge in [-0.3, -0.25) is 13.9 Å². The third-order valence-electron chi connectivity index (χ3n) is 8.35. The van der Waals surface area contributed by atoms with Crippen molar-refractivity contribution in [2.75, 3.05) is 32.2 Å². The lowest BCUT2D eigenvalue weighted by atomic mass is 9.95. The van der Waals surface area contributed by atoms with E-state index in [2.05, 4.69) is 5.32 Å². The zero-order valence-corrected chi connectivity index (χ0v) is 28.4. The molecular weight excluding hydrogens is 606 g/mol. The SMILES string of the molecule is COc1ccc(CN(C(=O)CN(c2cc(C)cc(C)c2)S(=O)(=O)c2ccc(OC)c(OC)c2)[C@@H](C)C(=O)NC2CCCCC2)cc1. The van der Waals surface area contributed by atoms with Gasteiger partial charge in [0.25, 0.3) is 10.0 Å². The van der Waals surface area contributed by atoms with Gasteiger partial charge in [0.05, 0.1) is 31.9 Å². The number of ether oxygens (including phenoxy) is 3. The van der Waals surface area contributed by atoms with Crippen LogP contribution in [-0.4, -0.2) is 65.1 Å². The van der Waals surface area contributed by atoms with E-state index >= 15 is 0 Å². The molecule has 1 aliphatic rings. The first-order valence-electron chi connectivity index (χ1n) is 15.5. The highest BCUT2D eigenvalue weighted by Crippen LogP contribution is 2.33. The number of nitrogens with zero attached hydrogens (tertiary/aromatic N) is 2. The van der Waals surface area contributed by atoms with Crippen LogP contribution in [0.4, 0.5) is 5.69 Å². The molecule has 0 aliphatic heterocycles. The molecule has 0 spiro atoms. The van der Waals surface area contributed by atoms with Crippen LogP contribution in [0.3, 0.4) is 0 Å². The molecule has 4 rings (SSSR count). The monoisotopic (exact) mass is 651 g/mol. The fraction of sp³-hybridized carbons (Fsp3) is 0.429. The Morgan fingerprint density at radius 3 is 2.07 bits per heavy atom. The minimum atomic E-state index is -4.29. The van der Waals surface area contributed by atoms with Gasteiger partial charge < -0.3 is 24.4 Å². The smallest absolute Gasteiger partial charge is 0.264 e. The summed E-state index contributed by atoms with van der Waals surface area (Å²) >= 11 is 0. The molecule has 0 aromatic heterocycles. The lowest BCUT2D eigenvalue weighted by Crippen LogP contribution is -2.53. The standard InChI is InChI=1S/C35H45N3O7S/c1-24-18-25(2)20-29(19-24)38(46(41,42)31-16-17-32(44-5)33(21-31)45-6)23-34(39)37(22-27-12-14-30(43-4)15-13-27)26(3)35(40)36-28-10-8-7-9-11-28/h12-21,26,28H,7-11,22-23H2,1-6H3,(H,36,40)/t26-/m0/s1. The maximum absolute atomic E-state index is 14.3. The van der Waals surface area contributed by atoms with Gasteiger partial charge in [0, 0.05) is 18.7 Å². The molecule has 11 heteroatoms. The number of aryl methyl sites for hydroxylation is 2. The van der Waals surface area contributed by atoms with Crippen LogP contribution in [0.2, 0.25) is 0 Å². The van der Waals surface area contributed by atoms with Crippen molar-refractivity contribution in [2.24, 2.45) is 0 Å². The van der Waals surface area contributed by atoms with Crippen LogP contribution in [0, 0.1) is 13.8 Å². The molecule has 2 amide bonds. The number of benzene rings is 3. The summed E-state index contributed by atoms with van der Waals surface area (Å²) in [6.07, 6.45) is 5.04. The molecule has 0 bridgehead atoms. The van der Waals surface area contributed by atoms with Crippen LogP contribution < -0.4 is 23.8 Å². The molecule has 1 saturated carbocycles. The third-order valence-corrected chi connectivity index (χ3v) is 10.1. The second-order valence-electron chi connectivity index (χ2n) is 11.8. The van der Waals surface area contributed by atoms with Crippen LogP contribution in [0.1, 0.15) is 55.7 Å². The van der Waals surface area contributed by atoms with Gasteiger partial charge in [-0.15, -0.1) is 0 Å². The maximum atomic E-state index is 14.3. The van der Waals surface area contributed by atoms with Crippen molar-refractivity contribution >= 4 is 27.5 Å². The summed E-state index contributed by atoms with van der Waals surface area (Å²) in [7, 11) is 0.176. The first-order chi connectivity index (χ1) is 22.0. The number of hydrogen-bond donors (Lipinski definition) is 1. The Labute approximate surface area is 272 Å². The van der Waals surface area contributed by atoms with Crippen molar-refractivity contribution in [2.45, 2.75) is 76.4 Å². The summed E-state index contributed by atoms with van der Waals surface area (Å²) in [4.78, 5) is 29.3. The predicted molar refractivity (Wildman–Crippen MR) is 178 cm³/mol. The van der Waals surface area contributed by atoms with Gasteiger partial charge in [-0.05, 0) is 86.7 Å². The van der Waals surface area contributed by atoms with Gasteiger partial charge in [-0.1, -0.05) is 37.5 Å². The van der Waals surface area contributed by atoms with Gasteiger partial charge >= 0.3 is 0 Å². The molecule has 3 aromatic carbocycles. The van der Waals surface area contributed by atoms with Gasteiger partial charge in [0.1, 0.15) is 18.3 Å². The second-order valence-corrected chi connectivity index (χ2v) is 13.6. The van der Waals surface area contributed by atoms with E-state index in [1.165, 1.54) is 37.3 Å². The van der Waals surface area contributed by atoms with E-state index in [0.717, 1.165) is 53.1 Å². The number of carbonyl (C=O) groups is 2. The Bertz CT molecular complexity index is 1600. The van der Waals surface area contributed by atoms with Crippen LogP contribution in [0.5, 0.6) is 17.2 Å². The minimum Gasteiger partial charge on any atom is -0.497 e. The van der Waals surface area contributed by atoms with Crippen molar-refractivity contribution in [3.05, 3.63) is 77.4 Å². The summed E-state index contributed by atoms with van der Waals surface area (Å²) in [6, 6.07) is 16.1. The molecule has 3 aromatic rings. The topological polar surface area (TPSA) is 114 Å². The van der Waals surface area contributed by atoms with E-state index in [9.17, 15) is 18.0 Å². The second kappa shape index (κ2) is 15.4. The molecule has 248 valence electrons. The molecule has 1 N–H and O–H groups in total. The number of anilines is 1. The third kappa shape index (κ3) is 8.31. The maximum Gasteiger partial charge on any atom is 0.264 e. The van der Waals surface area contributed by atoms with E-state index in [1.807, 2.05) is 32.0 Å². The van der Waals surface area contributed by atoms with Crippen LogP contribution in [0.25, 0.3) is 0 Å². The quantitative estimate of drug-likeness (QED) is 0.264. The van der Waals surface area contributed by atoms with Crippen molar-refractivity contribution in [3.8, 4) is 17.2 Å². The summed E-state index contributed by atoms with van der Waals surface area (Å²) < 4.78 is 45.8. The average molecular weight is 652 g/mol. The molecule has 0 radical (unpaired) electrons. The van der Waals surface area contributed by atoms with Crippen LogP contribution in [-0.2, 0) is 26.2 Å². The fourth-order valence-corrected chi connectivity index (χ4v) is 7.22. The van der Waals surface area contributed by atoms with Gasteiger partial charge in [-0.25, -0.2) is 8.42 Å². The fourth-order valence-electron chi connectivity index (χ4n) is 5.81. The first kappa shape index (κ1) is 34.6. The lowest BCUT2D eigenvalue weighted by molar-refractivity contribution is -0.139. The molecule has 10 nitrogen and oxygen atoms in total.